The first-order chi connectivity index (χ1) is 26.5. The van der Waals surface area contributed by atoms with Crippen LogP contribution in [0.25, 0.3) is 10.8 Å². The van der Waals surface area contributed by atoms with Gasteiger partial charge in [-0.2, -0.15) is 5.10 Å². The first kappa shape index (κ1) is 38.0. The van der Waals surface area contributed by atoms with Gasteiger partial charge in [0.25, 0.3) is 11.5 Å². The summed E-state index contributed by atoms with van der Waals surface area (Å²) in [5.74, 6) is 2.49. The largest absolute Gasteiger partial charge is 0.378 e. The van der Waals surface area contributed by atoms with Gasteiger partial charge in [0.2, 0.25) is 5.91 Å². The van der Waals surface area contributed by atoms with Crippen LogP contribution < -0.4 is 5.56 Å². The van der Waals surface area contributed by atoms with Gasteiger partial charge in [0.1, 0.15) is 11.6 Å². The van der Waals surface area contributed by atoms with E-state index in [1.165, 1.54) is 38.2 Å². The number of nitrogens with zero attached hydrogens (tertiary/aromatic N) is 3. The van der Waals surface area contributed by atoms with Gasteiger partial charge in [-0.15, -0.1) is 0 Å². The molecule has 7 atom stereocenters. The van der Waals surface area contributed by atoms with Crippen LogP contribution in [0.4, 0.5) is 4.39 Å². The minimum absolute atomic E-state index is 0.00249. The van der Waals surface area contributed by atoms with E-state index < -0.39 is 5.82 Å². The molecule has 1 aliphatic heterocycles. The lowest BCUT2D eigenvalue weighted by atomic mass is 9.45. The van der Waals surface area contributed by atoms with Crippen LogP contribution in [-0.4, -0.2) is 76.5 Å². The standard InChI is InChI=1S/C45H57FN4O5/c1-44-19-17-31(51)28-30(44)12-13-34-36-14-16-40(45(36,2)20-18-37(34)44)55-25-7-3-4-10-41(52)49-21-23-50(24-22-49)43(54)35-26-29(11-15-38(35)46)27-39-32-8-5-6-9-33(32)42(53)48-47-39/h5-6,8-9,11,15,26,30,34,36-37,40H,3-4,7,10,12-14,16-25,27-28H2,1-2H3,(H,48,53)/t30-,34-,36-,37-,40-,44-,45-/m0/s1. The van der Waals surface area contributed by atoms with Crippen LogP contribution in [0, 0.1) is 40.3 Å². The number of carbonyl (C=O) groups is 3. The molecule has 1 N–H and O–H groups in total. The zero-order chi connectivity index (χ0) is 38.3. The number of hydrogen-bond acceptors (Lipinski definition) is 6. The molecule has 0 unspecified atom stereocenters. The van der Waals surface area contributed by atoms with Crippen LogP contribution in [0.3, 0.4) is 0 Å². The number of hydrogen-bond donors (Lipinski definition) is 1. The van der Waals surface area contributed by atoms with Gasteiger partial charge in [0.15, 0.2) is 0 Å². The fourth-order valence-corrected chi connectivity index (χ4v) is 11.9. The first-order valence-corrected chi connectivity index (χ1v) is 21.0. The molecule has 55 heavy (non-hydrogen) atoms. The average molecular weight is 753 g/mol. The minimum Gasteiger partial charge on any atom is -0.378 e. The summed E-state index contributed by atoms with van der Waals surface area (Å²) in [6.07, 6.45) is 14.0. The van der Waals surface area contributed by atoms with Crippen molar-refractivity contribution in [2.45, 2.75) is 110 Å². The van der Waals surface area contributed by atoms with Crippen LogP contribution in [0.2, 0.25) is 0 Å². The number of H-pyrrole nitrogens is 1. The molecule has 5 aliphatic rings. The highest BCUT2D eigenvalue weighted by Crippen LogP contribution is 2.66. The molecule has 0 spiro atoms. The lowest BCUT2D eigenvalue weighted by Gasteiger charge is -2.60. The summed E-state index contributed by atoms with van der Waals surface area (Å²) in [5, 5.41) is 8.01. The monoisotopic (exact) mass is 752 g/mol. The quantitative estimate of drug-likeness (QED) is 0.215. The molecular formula is C45H57FN4O5. The average Bonchev–Trinajstić information content (AvgIpc) is 3.54. The third-order valence-electron chi connectivity index (χ3n) is 15.1. The molecule has 5 fully saturated rings. The Hall–Kier alpha value is -3.92. The molecule has 9 nitrogen and oxygen atoms in total. The molecule has 0 radical (unpaired) electrons. The Morgan fingerprint density at radius 1 is 0.873 bits per heavy atom. The number of piperazine rings is 1. The van der Waals surface area contributed by atoms with Crippen molar-refractivity contribution in [3.8, 4) is 0 Å². The summed E-state index contributed by atoms with van der Waals surface area (Å²) in [5.41, 5.74) is 1.69. The van der Waals surface area contributed by atoms with Gasteiger partial charge in [0, 0.05) is 63.9 Å². The molecule has 8 rings (SSSR count). The number of ether oxygens (including phenoxy) is 1. The Balaban J connectivity index is 0.761. The van der Waals surface area contributed by atoms with Crippen LogP contribution in [-0.2, 0) is 20.7 Å². The third-order valence-corrected chi connectivity index (χ3v) is 15.1. The number of ketones is 1. The van der Waals surface area contributed by atoms with Crippen LogP contribution in [0.15, 0.2) is 47.3 Å². The highest BCUT2D eigenvalue weighted by atomic mass is 19.1. The maximum atomic E-state index is 15.0. The van der Waals surface area contributed by atoms with E-state index in [1.54, 1.807) is 29.2 Å². The predicted molar refractivity (Wildman–Crippen MR) is 209 cm³/mol. The normalized spacial score (nSPS) is 30.5. The second kappa shape index (κ2) is 15.5. The molecule has 2 aromatic carbocycles. The second-order valence-electron chi connectivity index (χ2n) is 17.9. The topological polar surface area (TPSA) is 113 Å². The number of nitrogens with one attached hydrogen (secondary N) is 1. The number of halogens is 1. The Kier molecular flexibility index (Phi) is 10.7. The van der Waals surface area contributed by atoms with Gasteiger partial charge >= 0.3 is 0 Å². The Morgan fingerprint density at radius 3 is 2.45 bits per heavy atom. The van der Waals surface area contributed by atoms with E-state index in [-0.39, 0.29) is 28.4 Å². The number of benzene rings is 2. The fourth-order valence-electron chi connectivity index (χ4n) is 11.9. The van der Waals surface area contributed by atoms with Crippen molar-refractivity contribution in [3.63, 3.8) is 0 Å². The molecule has 4 saturated carbocycles. The highest BCUT2D eigenvalue weighted by molar-refractivity contribution is 5.95. The van der Waals surface area contributed by atoms with E-state index in [0.717, 1.165) is 74.7 Å². The van der Waals surface area contributed by atoms with Crippen LogP contribution in [0.1, 0.15) is 119 Å². The zero-order valence-electron chi connectivity index (χ0n) is 32.6. The van der Waals surface area contributed by atoms with E-state index in [4.69, 9.17) is 4.74 Å². The van der Waals surface area contributed by atoms with E-state index in [9.17, 15) is 23.6 Å². The van der Waals surface area contributed by atoms with Crippen molar-refractivity contribution >= 4 is 28.4 Å². The molecule has 294 valence electrons. The summed E-state index contributed by atoms with van der Waals surface area (Å²) < 4.78 is 21.6. The smallest absolute Gasteiger partial charge is 0.272 e. The minimum atomic E-state index is -0.583. The number of carbonyl (C=O) groups excluding carboxylic acids is 3. The molecule has 2 heterocycles. The number of Topliss-reactive ketones (excluding diaryl/α,β-unsaturated/α-hetero) is 1. The summed E-state index contributed by atoms with van der Waals surface area (Å²) in [4.78, 5) is 54.5. The van der Waals surface area contributed by atoms with E-state index in [0.29, 0.717) is 78.9 Å². The SMILES string of the molecule is C[C@]12CCC(=O)C[C@@H]1CC[C@@H]1[C@@H]2CC[C@]2(C)[C@@H](OCCCCCC(=O)N3CCN(C(=O)c4cc(Cc5n[nH]c(=O)c6ccccc56)ccc4F)CC3)CC[C@@H]12. The van der Waals surface area contributed by atoms with Crippen molar-refractivity contribution in [2.75, 3.05) is 32.8 Å². The predicted octanol–water partition coefficient (Wildman–Crippen LogP) is 7.49. The summed E-state index contributed by atoms with van der Waals surface area (Å²) >= 11 is 0. The van der Waals surface area contributed by atoms with Gasteiger partial charge in [0.05, 0.1) is 22.7 Å². The fraction of sp³-hybridized carbons (Fsp3) is 0.622. The molecule has 10 heteroatoms. The van der Waals surface area contributed by atoms with Gasteiger partial charge in [-0.3, -0.25) is 19.2 Å². The summed E-state index contributed by atoms with van der Waals surface area (Å²) in [6, 6.07) is 11.7. The number of fused-ring (bicyclic) bond motifs is 6. The molecule has 3 aromatic rings. The van der Waals surface area contributed by atoms with Crippen LogP contribution >= 0.6 is 0 Å². The Bertz CT molecular complexity index is 1990. The van der Waals surface area contributed by atoms with Gasteiger partial charge in [-0.05, 0) is 116 Å². The number of aromatic amines is 1. The first-order valence-electron chi connectivity index (χ1n) is 21.0. The van der Waals surface area contributed by atoms with E-state index in [2.05, 4.69) is 24.0 Å². The summed E-state index contributed by atoms with van der Waals surface area (Å²) in [7, 11) is 0. The lowest BCUT2D eigenvalue weighted by Crippen LogP contribution is -2.54. The third kappa shape index (κ3) is 7.28. The summed E-state index contributed by atoms with van der Waals surface area (Å²) in [6.45, 7) is 7.34. The Labute approximate surface area is 323 Å². The zero-order valence-corrected chi connectivity index (χ0v) is 32.6. The number of rotatable bonds is 10. The van der Waals surface area contributed by atoms with Crippen molar-refractivity contribution in [2.24, 2.45) is 34.5 Å². The van der Waals surface area contributed by atoms with Gasteiger partial charge < -0.3 is 14.5 Å². The Morgan fingerprint density at radius 2 is 1.64 bits per heavy atom. The molecule has 4 aliphatic carbocycles. The van der Waals surface area contributed by atoms with E-state index >= 15 is 0 Å². The number of amides is 2. The lowest BCUT2D eigenvalue weighted by molar-refractivity contribution is -0.145. The molecular weight excluding hydrogens is 696 g/mol. The van der Waals surface area contributed by atoms with Crippen LogP contribution in [0.5, 0.6) is 0 Å². The second-order valence-corrected chi connectivity index (χ2v) is 17.9. The molecule has 2 amide bonds. The molecule has 1 saturated heterocycles. The maximum Gasteiger partial charge on any atom is 0.272 e. The van der Waals surface area contributed by atoms with Gasteiger partial charge in [-0.1, -0.05) is 44.5 Å². The van der Waals surface area contributed by atoms with Gasteiger partial charge in [-0.25, -0.2) is 9.49 Å². The number of aromatic nitrogens is 2. The van der Waals surface area contributed by atoms with Crippen molar-refractivity contribution in [3.05, 3.63) is 75.5 Å². The molecule has 0 bridgehead atoms. The van der Waals surface area contributed by atoms with Crippen molar-refractivity contribution in [1.29, 1.82) is 0 Å². The highest BCUT2D eigenvalue weighted by Gasteiger charge is 2.60. The maximum absolute atomic E-state index is 15.0. The molecule has 1 aromatic heterocycles. The van der Waals surface area contributed by atoms with Crippen molar-refractivity contribution < 1.29 is 23.5 Å². The van der Waals surface area contributed by atoms with Crippen molar-refractivity contribution in [1.82, 2.24) is 20.0 Å². The number of unbranched alkanes of at least 4 members (excludes halogenated alkanes) is 2. The van der Waals surface area contributed by atoms with E-state index in [1.807, 2.05) is 17.0 Å².